The number of nitrogens with one attached hydrogen (secondary N) is 2. The number of hydrogen-bond donors (Lipinski definition) is 2. The minimum atomic E-state index is 0. The number of carbonyl (C=O) groups is 1. The van der Waals surface area contributed by atoms with Gasteiger partial charge in [0.05, 0.1) is 12.5 Å². The quantitative estimate of drug-likeness (QED) is 0.879. The Morgan fingerprint density at radius 3 is 2.89 bits per heavy atom. The number of benzene rings is 1. The zero-order chi connectivity index (χ0) is 12.4. The Labute approximate surface area is 119 Å². The van der Waals surface area contributed by atoms with Crippen LogP contribution in [0.5, 0.6) is 5.75 Å². The molecular formula is C14H19ClN2O2. The molecule has 1 unspecified atom stereocenters. The summed E-state index contributed by atoms with van der Waals surface area (Å²) in [6.45, 7) is 3.09. The van der Waals surface area contributed by atoms with E-state index in [-0.39, 0.29) is 24.2 Å². The van der Waals surface area contributed by atoms with Crippen LogP contribution in [-0.2, 0) is 4.79 Å². The lowest BCUT2D eigenvalue weighted by Crippen LogP contribution is -2.51. The van der Waals surface area contributed by atoms with Crippen LogP contribution in [0, 0.1) is 5.92 Å². The van der Waals surface area contributed by atoms with Crippen LogP contribution in [0.2, 0.25) is 0 Å². The molecule has 0 saturated carbocycles. The van der Waals surface area contributed by atoms with Crippen molar-refractivity contribution >= 4 is 18.3 Å². The summed E-state index contributed by atoms with van der Waals surface area (Å²) in [7, 11) is 0. The van der Waals surface area contributed by atoms with Crippen molar-refractivity contribution in [2.24, 2.45) is 5.92 Å². The van der Waals surface area contributed by atoms with Gasteiger partial charge in [0.2, 0.25) is 5.91 Å². The van der Waals surface area contributed by atoms with E-state index in [0.29, 0.717) is 5.92 Å². The minimum Gasteiger partial charge on any atom is -0.493 e. The van der Waals surface area contributed by atoms with Crippen molar-refractivity contribution in [2.75, 3.05) is 26.2 Å². The van der Waals surface area contributed by atoms with Crippen molar-refractivity contribution in [3.63, 3.8) is 0 Å². The van der Waals surface area contributed by atoms with E-state index in [9.17, 15) is 4.79 Å². The fourth-order valence-corrected chi connectivity index (χ4v) is 2.47. The average Bonchev–Trinajstić information content (AvgIpc) is 2.34. The third-order valence-electron chi connectivity index (χ3n) is 3.76. The van der Waals surface area contributed by atoms with E-state index in [4.69, 9.17) is 4.74 Å². The number of ether oxygens (including phenoxy) is 1. The van der Waals surface area contributed by atoms with Crippen LogP contribution in [0.3, 0.4) is 0 Å². The van der Waals surface area contributed by atoms with Gasteiger partial charge in [0.15, 0.2) is 0 Å². The van der Waals surface area contributed by atoms with Gasteiger partial charge in [0.25, 0.3) is 0 Å². The largest absolute Gasteiger partial charge is 0.493 e. The van der Waals surface area contributed by atoms with E-state index in [1.54, 1.807) is 0 Å². The van der Waals surface area contributed by atoms with Gasteiger partial charge in [-0.1, -0.05) is 18.2 Å². The van der Waals surface area contributed by atoms with Crippen LogP contribution in [-0.4, -0.2) is 32.1 Å². The van der Waals surface area contributed by atoms with E-state index in [2.05, 4.69) is 16.7 Å². The number of amides is 1. The van der Waals surface area contributed by atoms with Crippen LogP contribution in [0.4, 0.5) is 0 Å². The SMILES string of the molecule is Cl.O=C(NCC1CCOc2ccccc21)C1CNC1. The summed E-state index contributed by atoms with van der Waals surface area (Å²) in [6, 6.07) is 8.10. The van der Waals surface area contributed by atoms with Crippen molar-refractivity contribution in [1.82, 2.24) is 10.6 Å². The minimum absolute atomic E-state index is 0. The van der Waals surface area contributed by atoms with E-state index in [1.165, 1.54) is 5.56 Å². The summed E-state index contributed by atoms with van der Waals surface area (Å²) < 4.78 is 5.62. The van der Waals surface area contributed by atoms with Gasteiger partial charge >= 0.3 is 0 Å². The molecule has 0 aromatic heterocycles. The highest BCUT2D eigenvalue weighted by atomic mass is 35.5. The Hall–Kier alpha value is -1.26. The predicted octanol–water partition coefficient (Wildman–Crippen LogP) is 1.31. The molecular weight excluding hydrogens is 264 g/mol. The highest BCUT2D eigenvalue weighted by Crippen LogP contribution is 2.32. The Morgan fingerprint density at radius 1 is 1.37 bits per heavy atom. The highest BCUT2D eigenvalue weighted by Gasteiger charge is 2.26. The first-order chi connectivity index (χ1) is 8.84. The summed E-state index contributed by atoms with van der Waals surface area (Å²) >= 11 is 0. The van der Waals surface area contributed by atoms with Crippen LogP contribution in [0.15, 0.2) is 24.3 Å². The fourth-order valence-electron chi connectivity index (χ4n) is 2.47. The van der Waals surface area contributed by atoms with Gasteiger partial charge in [0, 0.05) is 25.6 Å². The summed E-state index contributed by atoms with van der Waals surface area (Å²) in [5.74, 6) is 1.69. The van der Waals surface area contributed by atoms with E-state index in [1.807, 2.05) is 18.2 Å². The van der Waals surface area contributed by atoms with Crippen LogP contribution in [0.25, 0.3) is 0 Å². The Bertz CT molecular complexity index is 449. The molecule has 1 amide bonds. The third-order valence-corrected chi connectivity index (χ3v) is 3.76. The van der Waals surface area contributed by atoms with Crippen molar-refractivity contribution in [2.45, 2.75) is 12.3 Å². The summed E-state index contributed by atoms with van der Waals surface area (Å²) in [6.07, 6.45) is 0.972. The summed E-state index contributed by atoms with van der Waals surface area (Å²) in [4.78, 5) is 11.8. The number of fused-ring (bicyclic) bond motifs is 1. The second kappa shape index (κ2) is 6.26. The number of carbonyl (C=O) groups excluding carboxylic acids is 1. The second-order valence-corrected chi connectivity index (χ2v) is 4.97. The zero-order valence-electron chi connectivity index (χ0n) is 10.7. The van der Waals surface area contributed by atoms with Crippen molar-refractivity contribution in [3.05, 3.63) is 29.8 Å². The van der Waals surface area contributed by atoms with E-state index >= 15 is 0 Å². The molecule has 3 rings (SSSR count). The maximum Gasteiger partial charge on any atom is 0.225 e. The lowest BCUT2D eigenvalue weighted by molar-refractivity contribution is -0.126. The van der Waals surface area contributed by atoms with Crippen LogP contribution >= 0.6 is 12.4 Å². The van der Waals surface area contributed by atoms with Gasteiger partial charge in [-0.25, -0.2) is 0 Å². The molecule has 2 aliphatic rings. The second-order valence-electron chi connectivity index (χ2n) is 4.97. The molecule has 2 aliphatic heterocycles. The smallest absolute Gasteiger partial charge is 0.225 e. The predicted molar refractivity (Wildman–Crippen MR) is 75.9 cm³/mol. The molecule has 104 valence electrons. The standard InChI is InChI=1S/C14H18N2O2.ClH/c17-14(11-7-15-8-11)16-9-10-5-6-18-13-4-2-1-3-12(10)13;/h1-4,10-11,15H,5-9H2,(H,16,17);1H. The summed E-state index contributed by atoms with van der Waals surface area (Å²) in [5, 5.41) is 6.18. The van der Waals surface area contributed by atoms with Crippen LogP contribution in [0.1, 0.15) is 17.9 Å². The van der Waals surface area contributed by atoms with Crippen molar-refractivity contribution in [1.29, 1.82) is 0 Å². The molecule has 0 bridgehead atoms. The average molecular weight is 283 g/mol. The number of rotatable bonds is 3. The Balaban J connectivity index is 0.00000133. The molecule has 2 heterocycles. The molecule has 1 atom stereocenters. The fraction of sp³-hybridized carbons (Fsp3) is 0.500. The normalized spacial score (nSPS) is 21.4. The first-order valence-corrected chi connectivity index (χ1v) is 6.55. The highest BCUT2D eigenvalue weighted by molar-refractivity contribution is 5.85. The third kappa shape index (κ3) is 3.01. The molecule has 0 spiro atoms. The summed E-state index contributed by atoms with van der Waals surface area (Å²) in [5.41, 5.74) is 1.22. The van der Waals surface area contributed by atoms with Gasteiger partial charge in [-0.05, 0) is 18.1 Å². The molecule has 19 heavy (non-hydrogen) atoms. The number of para-hydroxylation sites is 1. The molecule has 1 aromatic carbocycles. The zero-order valence-corrected chi connectivity index (χ0v) is 11.5. The molecule has 0 aliphatic carbocycles. The lowest BCUT2D eigenvalue weighted by atomic mass is 9.92. The Morgan fingerprint density at radius 2 is 2.16 bits per heavy atom. The van der Waals surface area contributed by atoms with E-state index in [0.717, 1.165) is 38.4 Å². The van der Waals surface area contributed by atoms with Crippen molar-refractivity contribution < 1.29 is 9.53 Å². The van der Waals surface area contributed by atoms with Gasteiger partial charge < -0.3 is 15.4 Å². The molecule has 5 heteroatoms. The lowest BCUT2D eigenvalue weighted by Gasteiger charge is -2.29. The molecule has 0 radical (unpaired) electrons. The number of hydrogen-bond acceptors (Lipinski definition) is 3. The molecule has 1 aromatic rings. The van der Waals surface area contributed by atoms with Gasteiger partial charge in [-0.15, -0.1) is 12.4 Å². The maximum absolute atomic E-state index is 11.8. The first kappa shape index (κ1) is 14.2. The number of halogens is 1. The van der Waals surface area contributed by atoms with E-state index < -0.39 is 0 Å². The molecule has 4 nitrogen and oxygen atoms in total. The Kier molecular flexibility index (Phi) is 4.66. The molecule has 1 saturated heterocycles. The van der Waals surface area contributed by atoms with Crippen LogP contribution < -0.4 is 15.4 Å². The maximum atomic E-state index is 11.8. The molecule has 2 N–H and O–H groups in total. The first-order valence-electron chi connectivity index (χ1n) is 6.55. The van der Waals surface area contributed by atoms with Gasteiger partial charge in [-0.3, -0.25) is 4.79 Å². The molecule has 1 fully saturated rings. The van der Waals surface area contributed by atoms with Gasteiger partial charge in [-0.2, -0.15) is 0 Å². The van der Waals surface area contributed by atoms with Crippen molar-refractivity contribution in [3.8, 4) is 5.75 Å². The van der Waals surface area contributed by atoms with Gasteiger partial charge in [0.1, 0.15) is 5.75 Å². The topological polar surface area (TPSA) is 50.4 Å². The monoisotopic (exact) mass is 282 g/mol.